The Balaban J connectivity index is 1.34. The second kappa shape index (κ2) is 8.23. The third kappa shape index (κ3) is 3.87. The second-order valence-electron chi connectivity index (χ2n) is 7.17. The van der Waals surface area contributed by atoms with E-state index in [0.717, 1.165) is 16.8 Å². The molecule has 0 aromatic heterocycles. The molecule has 1 aliphatic carbocycles. The Kier molecular flexibility index (Phi) is 5.34. The van der Waals surface area contributed by atoms with E-state index in [4.69, 9.17) is 10.5 Å². The average molecular weight is 384 g/mol. The van der Waals surface area contributed by atoms with Crippen molar-refractivity contribution >= 4 is 17.9 Å². The van der Waals surface area contributed by atoms with E-state index < -0.39 is 6.09 Å². The lowest BCUT2D eigenvalue weighted by Crippen LogP contribution is -2.26. The Hall–Kier alpha value is -3.53. The number of nitrogens with two attached hydrogens (primary N) is 1. The summed E-state index contributed by atoms with van der Waals surface area (Å²) in [6, 6.07) is 22.4. The summed E-state index contributed by atoms with van der Waals surface area (Å²) in [6.07, 6.45) is 3.43. The molecule has 0 fully saturated rings. The maximum atomic E-state index is 12.2. The maximum absolute atomic E-state index is 12.2. The zero-order chi connectivity index (χ0) is 20.2. The number of hydrogen-bond donors (Lipinski definition) is 2. The maximum Gasteiger partial charge on any atom is 0.407 e. The van der Waals surface area contributed by atoms with Crippen molar-refractivity contribution in [3.8, 4) is 11.1 Å². The minimum Gasteiger partial charge on any atom is -0.449 e. The van der Waals surface area contributed by atoms with Crippen LogP contribution in [0.15, 0.2) is 72.8 Å². The summed E-state index contributed by atoms with van der Waals surface area (Å²) in [5.41, 5.74) is 13.6. The molecule has 3 aromatic carbocycles. The first-order valence-corrected chi connectivity index (χ1v) is 9.75. The van der Waals surface area contributed by atoms with Gasteiger partial charge in [-0.25, -0.2) is 4.79 Å². The van der Waals surface area contributed by atoms with Gasteiger partial charge in [0.1, 0.15) is 6.61 Å². The number of benzene rings is 3. The van der Waals surface area contributed by atoms with Crippen LogP contribution in [0.3, 0.4) is 0 Å². The van der Waals surface area contributed by atoms with Crippen molar-refractivity contribution < 1.29 is 9.53 Å². The first kappa shape index (κ1) is 18.8. The molecule has 1 amide bonds. The molecule has 0 aliphatic heterocycles. The van der Waals surface area contributed by atoms with Gasteiger partial charge < -0.3 is 15.8 Å². The largest absolute Gasteiger partial charge is 0.449 e. The lowest BCUT2D eigenvalue weighted by Gasteiger charge is -2.14. The van der Waals surface area contributed by atoms with Gasteiger partial charge in [-0.1, -0.05) is 72.8 Å². The van der Waals surface area contributed by atoms with Gasteiger partial charge in [-0.2, -0.15) is 0 Å². The van der Waals surface area contributed by atoms with Crippen molar-refractivity contribution in [2.45, 2.75) is 12.8 Å². The van der Waals surface area contributed by atoms with Crippen LogP contribution in [-0.2, 0) is 4.74 Å². The van der Waals surface area contributed by atoms with Gasteiger partial charge in [-0.3, -0.25) is 0 Å². The van der Waals surface area contributed by atoms with Crippen LogP contribution in [0, 0.1) is 6.92 Å². The number of fused-ring (bicyclic) bond motifs is 3. The number of nitrogen functional groups attached to an aromatic ring is 1. The zero-order valence-electron chi connectivity index (χ0n) is 16.4. The summed E-state index contributed by atoms with van der Waals surface area (Å²) in [7, 11) is 0. The van der Waals surface area contributed by atoms with Gasteiger partial charge in [0.2, 0.25) is 0 Å². The third-order valence-corrected chi connectivity index (χ3v) is 5.42. The highest BCUT2D eigenvalue weighted by atomic mass is 16.5. The minimum absolute atomic E-state index is 0.0682. The topological polar surface area (TPSA) is 64.3 Å². The monoisotopic (exact) mass is 384 g/mol. The van der Waals surface area contributed by atoms with E-state index in [1.807, 2.05) is 61.5 Å². The van der Waals surface area contributed by atoms with E-state index in [1.54, 1.807) is 0 Å². The SMILES string of the molecule is Cc1c(N)cccc1C=CCNC(=O)OCC1c2ccccc2-c2ccccc21. The molecule has 0 spiro atoms. The molecule has 4 nitrogen and oxygen atoms in total. The number of ether oxygens (including phenoxy) is 1. The highest BCUT2D eigenvalue weighted by molar-refractivity contribution is 5.79. The van der Waals surface area contributed by atoms with Gasteiger partial charge in [0.25, 0.3) is 0 Å². The summed E-state index contributed by atoms with van der Waals surface area (Å²) < 4.78 is 5.53. The molecule has 0 saturated heterocycles. The molecule has 3 aromatic rings. The number of nitrogens with one attached hydrogen (secondary N) is 1. The van der Waals surface area contributed by atoms with Gasteiger partial charge in [0, 0.05) is 18.2 Å². The fourth-order valence-corrected chi connectivity index (χ4v) is 3.83. The second-order valence-corrected chi connectivity index (χ2v) is 7.17. The van der Waals surface area contributed by atoms with E-state index >= 15 is 0 Å². The summed E-state index contributed by atoms with van der Waals surface area (Å²) in [4.78, 5) is 12.2. The molecular formula is C25H24N2O2. The Morgan fingerprint density at radius 1 is 1.00 bits per heavy atom. The predicted octanol–water partition coefficient (Wildman–Crippen LogP) is 5.13. The standard InChI is InChI=1S/C25H24N2O2/c1-17-18(8-6-14-24(17)26)9-7-15-27-25(28)29-16-23-21-12-4-2-10-19(21)20-11-3-5-13-22(20)23/h2-14,23H,15-16,26H2,1H3,(H,27,28). The molecular weight excluding hydrogens is 360 g/mol. The summed E-state index contributed by atoms with van der Waals surface area (Å²) in [5, 5.41) is 2.78. The Labute approximate surface area is 171 Å². The van der Waals surface area contributed by atoms with E-state index in [2.05, 4.69) is 29.6 Å². The highest BCUT2D eigenvalue weighted by Gasteiger charge is 2.28. The number of rotatable bonds is 5. The lowest BCUT2D eigenvalue weighted by molar-refractivity contribution is 0.144. The van der Waals surface area contributed by atoms with Crippen molar-refractivity contribution in [2.75, 3.05) is 18.9 Å². The van der Waals surface area contributed by atoms with Crippen molar-refractivity contribution in [1.29, 1.82) is 0 Å². The van der Waals surface area contributed by atoms with Gasteiger partial charge in [-0.15, -0.1) is 0 Å². The fourth-order valence-electron chi connectivity index (χ4n) is 3.83. The number of amides is 1. The molecule has 0 bridgehead atoms. The highest BCUT2D eigenvalue weighted by Crippen LogP contribution is 2.44. The van der Waals surface area contributed by atoms with Crippen molar-refractivity contribution in [3.05, 3.63) is 95.1 Å². The first-order chi connectivity index (χ1) is 14.1. The van der Waals surface area contributed by atoms with Crippen LogP contribution in [0.5, 0.6) is 0 Å². The predicted molar refractivity (Wildman–Crippen MR) is 118 cm³/mol. The Morgan fingerprint density at radius 2 is 1.66 bits per heavy atom. The molecule has 0 heterocycles. The quantitative estimate of drug-likeness (QED) is 0.600. The average Bonchev–Trinajstić information content (AvgIpc) is 3.06. The van der Waals surface area contributed by atoms with E-state index in [1.165, 1.54) is 22.3 Å². The molecule has 0 saturated carbocycles. The zero-order valence-corrected chi connectivity index (χ0v) is 16.4. The van der Waals surface area contributed by atoms with Crippen molar-refractivity contribution in [3.63, 3.8) is 0 Å². The molecule has 146 valence electrons. The molecule has 1 aliphatic rings. The molecule has 0 unspecified atom stereocenters. The smallest absolute Gasteiger partial charge is 0.407 e. The molecule has 0 radical (unpaired) electrons. The van der Waals surface area contributed by atoms with E-state index in [0.29, 0.717) is 13.2 Å². The van der Waals surface area contributed by atoms with Gasteiger partial charge in [0.15, 0.2) is 0 Å². The number of anilines is 1. The van der Waals surface area contributed by atoms with Gasteiger partial charge in [0.05, 0.1) is 0 Å². The van der Waals surface area contributed by atoms with Crippen LogP contribution in [0.1, 0.15) is 28.2 Å². The van der Waals surface area contributed by atoms with Crippen LogP contribution in [-0.4, -0.2) is 19.2 Å². The first-order valence-electron chi connectivity index (χ1n) is 9.75. The molecule has 29 heavy (non-hydrogen) atoms. The van der Waals surface area contributed by atoms with Crippen molar-refractivity contribution in [1.82, 2.24) is 5.32 Å². The molecule has 4 heteroatoms. The van der Waals surface area contributed by atoms with E-state index in [-0.39, 0.29) is 5.92 Å². The number of alkyl carbamates (subject to hydrolysis) is 1. The summed E-state index contributed by atoms with van der Waals surface area (Å²) in [5.74, 6) is 0.0682. The third-order valence-electron chi connectivity index (χ3n) is 5.42. The van der Waals surface area contributed by atoms with Crippen LogP contribution in [0.4, 0.5) is 10.5 Å². The van der Waals surface area contributed by atoms with E-state index in [9.17, 15) is 4.79 Å². The van der Waals surface area contributed by atoms with Crippen LogP contribution >= 0.6 is 0 Å². The number of carbonyl (C=O) groups is 1. The van der Waals surface area contributed by atoms with Gasteiger partial charge in [-0.05, 0) is 46.4 Å². The van der Waals surface area contributed by atoms with Crippen LogP contribution < -0.4 is 11.1 Å². The summed E-state index contributed by atoms with van der Waals surface area (Å²) in [6.45, 7) is 2.69. The molecule has 0 atom stereocenters. The Morgan fingerprint density at radius 3 is 2.34 bits per heavy atom. The number of hydrogen-bond acceptors (Lipinski definition) is 3. The lowest BCUT2D eigenvalue weighted by atomic mass is 9.98. The fraction of sp³-hybridized carbons (Fsp3) is 0.160. The van der Waals surface area contributed by atoms with Gasteiger partial charge >= 0.3 is 6.09 Å². The summed E-state index contributed by atoms with van der Waals surface area (Å²) >= 11 is 0. The Bertz CT molecular complexity index is 1030. The molecule has 4 rings (SSSR count). The minimum atomic E-state index is -0.416. The normalized spacial score (nSPS) is 12.6. The molecule has 3 N–H and O–H groups in total. The van der Waals surface area contributed by atoms with Crippen LogP contribution in [0.2, 0.25) is 0 Å². The van der Waals surface area contributed by atoms with Crippen LogP contribution in [0.25, 0.3) is 17.2 Å². The van der Waals surface area contributed by atoms with Crippen molar-refractivity contribution in [2.24, 2.45) is 0 Å². The number of carbonyl (C=O) groups excluding carboxylic acids is 1.